The maximum absolute atomic E-state index is 12.8. The molecule has 0 aliphatic carbocycles. The highest BCUT2D eigenvalue weighted by Gasteiger charge is 2.25. The van der Waals surface area contributed by atoms with Crippen molar-refractivity contribution < 1.29 is 9.72 Å². The number of benzene rings is 3. The Labute approximate surface area is 220 Å². The van der Waals surface area contributed by atoms with E-state index in [0.29, 0.717) is 32.4 Å². The fraction of sp³-hybridized carbons (Fsp3) is 0.0769. The molecule has 10 heteroatoms. The summed E-state index contributed by atoms with van der Waals surface area (Å²) in [6.45, 7) is 2.53. The van der Waals surface area contributed by atoms with Crippen molar-refractivity contribution in [1.29, 1.82) is 0 Å². The second-order valence-corrected chi connectivity index (χ2v) is 9.90. The molecule has 180 valence electrons. The van der Waals surface area contributed by atoms with Gasteiger partial charge in [-0.1, -0.05) is 59.6 Å². The Morgan fingerprint density at radius 3 is 2.58 bits per heavy atom. The molecule has 1 amide bonds. The number of carbonyl (C=O) groups excluding carboxylic acids is 1. The number of hydrogen-bond donors (Lipinski definition) is 1. The maximum Gasteiger partial charge on any atom is 0.269 e. The molecule has 1 N–H and O–H groups in total. The lowest BCUT2D eigenvalue weighted by Gasteiger charge is -2.09. The Hall–Kier alpha value is -3.59. The van der Waals surface area contributed by atoms with Crippen molar-refractivity contribution in [1.82, 2.24) is 9.88 Å². The molecule has 1 aliphatic rings. The third-order valence-corrected chi connectivity index (χ3v) is 7.57. The number of hydrogen-bond acceptors (Lipinski definition) is 5. The minimum absolute atomic E-state index is 0.0547. The molecule has 0 atom stereocenters. The lowest BCUT2D eigenvalue weighted by molar-refractivity contribution is -0.384. The monoisotopic (exact) mass is 536 g/mol. The number of para-hydroxylation sites is 1. The molecular weight excluding hydrogens is 519 g/mol. The van der Waals surface area contributed by atoms with Gasteiger partial charge in [0, 0.05) is 40.8 Å². The van der Waals surface area contributed by atoms with E-state index in [-0.39, 0.29) is 11.6 Å². The molecular formula is C26H18Cl2N4O3S. The second kappa shape index (κ2) is 9.81. The normalized spacial score (nSPS) is 15.7. The first-order valence-corrected chi connectivity index (χ1v) is 12.4. The van der Waals surface area contributed by atoms with E-state index in [1.54, 1.807) is 30.3 Å². The van der Waals surface area contributed by atoms with Crippen LogP contribution in [0.1, 0.15) is 16.8 Å². The van der Waals surface area contributed by atoms with Gasteiger partial charge in [-0.3, -0.25) is 14.9 Å². The van der Waals surface area contributed by atoms with Crippen LogP contribution < -0.4 is 5.32 Å². The predicted octanol–water partition coefficient (Wildman–Crippen LogP) is 7.10. The summed E-state index contributed by atoms with van der Waals surface area (Å²) >= 11 is 13.6. The second-order valence-electron chi connectivity index (χ2n) is 8.08. The lowest BCUT2D eigenvalue weighted by Crippen LogP contribution is -2.19. The number of nitrogens with one attached hydrogen (secondary N) is 1. The van der Waals surface area contributed by atoms with Crippen molar-refractivity contribution in [2.24, 2.45) is 4.99 Å². The van der Waals surface area contributed by atoms with Gasteiger partial charge < -0.3 is 9.88 Å². The van der Waals surface area contributed by atoms with Crippen molar-refractivity contribution >= 4 is 74.4 Å². The average molecular weight is 537 g/mol. The predicted molar refractivity (Wildman–Crippen MR) is 146 cm³/mol. The number of amidine groups is 1. The van der Waals surface area contributed by atoms with Crippen molar-refractivity contribution in [3.05, 3.63) is 109 Å². The fourth-order valence-electron chi connectivity index (χ4n) is 4.05. The summed E-state index contributed by atoms with van der Waals surface area (Å²) < 4.78 is 2.14. The van der Waals surface area contributed by atoms with E-state index in [0.717, 1.165) is 27.7 Å². The summed E-state index contributed by atoms with van der Waals surface area (Å²) in [4.78, 5) is 28.3. The molecule has 36 heavy (non-hydrogen) atoms. The summed E-state index contributed by atoms with van der Waals surface area (Å²) in [5.74, 6) is -0.247. The average Bonchev–Trinajstić information content (AvgIpc) is 3.34. The van der Waals surface area contributed by atoms with Gasteiger partial charge in [-0.25, -0.2) is 4.99 Å². The topological polar surface area (TPSA) is 89.5 Å². The van der Waals surface area contributed by atoms with Gasteiger partial charge in [0.25, 0.3) is 11.6 Å². The third kappa shape index (κ3) is 4.63. The van der Waals surface area contributed by atoms with Gasteiger partial charge in [-0.2, -0.15) is 0 Å². The van der Waals surface area contributed by atoms with Crippen LogP contribution in [-0.2, 0) is 11.3 Å². The summed E-state index contributed by atoms with van der Waals surface area (Å²) in [5, 5.41) is 15.9. The zero-order valence-corrected chi connectivity index (χ0v) is 21.2. The summed E-state index contributed by atoms with van der Waals surface area (Å²) in [6, 6.07) is 19.6. The molecule has 0 radical (unpaired) electrons. The minimum atomic E-state index is -0.410. The molecule has 1 aliphatic heterocycles. The van der Waals surface area contributed by atoms with Crippen LogP contribution in [0, 0.1) is 17.0 Å². The SMILES string of the molecule is Cc1c(/C=C2\SC(=Nc3cccc(Cl)c3Cl)NC2=O)c2ccccc2n1Cc1ccc([N+](=O)[O-])cc1. The van der Waals surface area contributed by atoms with Crippen LogP contribution >= 0.6 is 35.0 Å². The van der Waals surface area contributed by atoms with E-state index in [1.165, 1.54) is 23.9 Å². The highest BCUT2D eigenvalue weighted by atomic mass is 35.5. The van der Waals surface area contributed by atoms with Gasteiger partial charge in [-0.15, -0.1) is 0 Å². The van der Waals surface area contributed by atoms with Crippen LogP contribution in [0.25, 0.3) is 17.0 Å². The van der Waals surface area contributed by atoms with Crippen LogP contribution in [-0.4, -0.2) is 20.6 Å². The number of thioether (sulfide) groups is 1. The van der Waals surface area contributed by atoms with Crippen LogP contribution in [0.5, 0.6) is 0 Å². The van der Waals surface area contributed by atoms with Crippen molar-refractivity contribution in [2.45, 2.75) is 13.5 Å². The van der Waals surface area contributed by atoms with Crippen molar-refractivity contribution in [2.75, 3.05) is 0 Å². The molecule has 3 aromatic carbocycles. The van der Waals surface area contributed by atoms with Crippen molar-refractivity contribution in [3.8, 4) is 0 Å². The van der Waals surface area contributed by atoms with Crippen molar-refractivity contribution in [3.63, 3.8) is 0 Å². The smallest absolute Gasteiger partial charge is 0.269 e. The summed E-state index contributed by atoms with van der Waals surface area (Å²) in [7, 11) is 0. The van der Waals surface area contributed by atoms with Crippen LogP contribution in [0.4, 0.5) is 11.4 Å². The first-order chi connectivity index (χ1) is 17.3. The Kier molecular flexibility index (Phi) is 6.57. The number of carbonyl (C=O) groups is 1. The lowest BCUT2D eigenvalue weighted by atomic mass is 10.1. The van der Waals surface area contributed by atoms with Gasteiger partial charge >= 0.3 is 0 Å². The number of non-ortho nitro benzene ring substituents is 1. The number of rotatable bonds is 5. The molecule has 0 spiro atoms. The van der Waals surface area contributed by atoms with E-state index in [1.807, 2.05) is 37.3 Å². The molecule has 1 saturated heterocycles. The number of nitro groups is 1. The highest BCUT2D eigenvalue weighted by molar-refractivity contribution is 8.18. The minimum Gasteiger partial charge on any atom is -0.340 e. The third-order valence-electron chi connectivity index (χ3n) is 5.85. The molecule has 2 heterocycles. The zero-order chi connectivity index (χ0) is 25.4. The number of halogens is 2. The first kappa shape index (κ1) is 24.1. The highest BCUT2D eigenvalue weighted by Crippen LogP contribution is 2.36. The Morgan fingerprint density at radius 2 is 1.83 bits per heavy atom. The van der Waals surface area contributed by atoms with Crippen LogP contribution in [0.2, 0.25) is 10.0 Å². The molecule has 1 aromatic heterocycles. The van der Waals surface area contributed by atoms with Crippen LogP contribution in [0.15, 0.2) is 76.6 Å². The van der Waals surface area contributed by atoms with Gasteiger partial charge in [0.05, 0.1) is 25.6 Å². The molecule has 5 rings (SSSR count). The fourth-order valence-corrected chi connectivity index (χ4v) is 5.20. The van der Waals surface area contributed by atoms with Gasteiger partial charge in [0.15, 0.2) is 5.17 Å². The molecule has 0 unspecified atom stereocenters. The molecule has 1 fully saturated rings. The zero-order valence-electron chi connectivity index (χ0n) is 18.9. The number of fused-ring (bicyclic) bond motifs is 1. The van der Waals surface area contributed by atoms with Gasteiger partial charge in [0.1, 0.15) is 0 Å². The standard InChI is InChI=1S/C26H18Cl2N4O3S/c1-15-19(13-23-25(33)30-26(36-23)29-21-7-4-6-20(27)24(21)28)18-5-2-3-8-22(18)31(15)14-16-9-11-17(12-10-16)32(34)35/h2-13H,14H2,1H3,(H,29,30,33)/b23-13-. The van der Waals surface area contributed by atoms with Crippen LogP contribution in [0.3, 0.4) is 0 Å². The number of aromatic nitrogens is 1. The number of nitrogens with zero attached hydrogens (tertiary/aromatic N) is 3. The van der Waals surface area contributed by atoms with Gasteiger partial charge in [0.2, 0.25) is 0 Å². The Bertz CT molecular complexity index is 1590. The quantitative estimate of drug-likeness (QED) is 0.167. The van der Waals surface area contributed by atoms with E-state index in [4.69, 9.17) is 23.2 Å². The molecule has 0 saturated carbocycles. The van der Waals surface area contributed by atoms with E-state index in [2.05, 4.69) is 14.9 Å². The first-order valence-electron chi connectivity index (χ1n) is 10.9. The Morgan fingerprint density at radius 1 is 1.08 bits per heavy atom. The van der Waals surface area contributed by atoms with E-state index >= 15 is 0 Å². The van der Waals surface area contributed by atoms with E-state index in [9.17, 15) is 14.9 Å². The Balaban J connectivity index is 1.50. The number of amides is 1. The molecule has 7 nitrogen and oxygen atoms in total. The molecule has 0 bridgehead atoms. The molecule has 4 aromatic rings. The largest absolute Gasteiger partial charge is 0.340 e. The summed E-state index contributed by atoms with van der Waals surface area (Å²) in [6.07, 6.45) is 1.87. The number of aliphatic imine (C=N–C) groups is 1. The van der Waals surface area contributed by atoms with E-state index < -0.39 is 4.92 Å². The number of nitro benzene ring substituents is 1. The van der Waals surface area contributed by atoms with Gasteiger partial charge in [-0.05, 0) is 48.5 Å². The summed E-state index contributed by atoms with van der Waals surface area (Å²) in [5.41, 5.74) is 4.36. The maximum atomic E-state index is 12.8.